The van der Waals surface area contributed by atoms with E-state index in [9.17, 15) is 0 Å². The number of ether oxygens (including phenoxy) is 1. The number of benzene rings is 3. The molecule has 1 unspecified atom stereocenters. The Kier molecular flexibility index (Phi) is 7.45. The van der Waals surface area contributed by atoms with Crippen molar-refractivity contribution in [3.8, 4) is 35.1 Å². The van der Waals surface area contributed by atoms with E-state index < -0.39 is 0 Å². The van der Waals surface area contributed by atoms with Crippen LogP contribution in [-0.2, 0) is 18.3 Å². The highest BCUT2D eigenvalue weighted by atomic mass is 16.5. The Morgan fingerprint density at radius 2 is 1.59 bits per heavy atom. The first-order valence-electron chi connectivity index (χ1n) is 12.0. The molecule has 0 amide bonds. The van der Waals surface area contributed by atoms with Gasteiger partial charge in [-0.25, -0.2) is 4.98 Å². The number of terminal acetylenes is 1. The average molecular weight is 446 g/mol. The Morgan fingerprint density at radius 1 is 0.853 bits per heavy atom. The normalized spacial score (nSPS) is 12.5. The number of aromatic nitrogens is 1. The Balaban J connectivity index is 1.48. The molecule has 0 fully saturated rings. The Bertz CT molecular complexity index is 1250. The molecule has 1 atom stereocenters. The smallest absolute Gasteiger partial charge is 0.219 e. The van der Waals surface area contributed by atoms with Gasteiger partial charge in [-0.15, -0.1) is 6.42 Å². The lowest BCUT2D eigenvalue weighted by Gasteiger charge is -2.27. The molecule has 4 aromatic rings. The van der Waals surface area contributed by atoms with Crippen LogP contribution in [0.1, 0.15) is 43.5 Å². The van der Waals surface area contributed by atoms with Crippen molar-refractivity contribution in [1.29, 1.82) is 0 Å². The van der Waals surface area contributed by atoms with Crippen molar-refractivity contribution in [3.63, 3.8) is 0 Å². The van der Waals surface area contributed by atoms with Crippen LogP contribution >= 0.6 is 0 Å². The molecule has 2 nitrogen and oxygen atoms in total. The van der Waals surface area contributed by atoms with Gasteiger partial charge in [0.05, 0.1) is 5.41 Å². The van der Waals surface area contributed by atoms with E-state index in [1.807, 2.05) is 48.5 Å². The van der Waals surface area contributed by atoms with Crippen molar-refractivity contribution in [3.05, 3.63) is 114 Å². The van der Waals surface area contributed by atoms with Crippen molar-refractivity contribution in [2.24, 2.45) is 0 Å². The van der Waals surface area contributed by atoms with Crippen LogP contribution < -0.4 is 4.74 Å². The van der Waals surface area contributed by atoms with Gasteiger partial charge >= 0.3 is 0 Å². The highest BCUT2D eigenvalue weighted by Crippen LogP contribution is 2.36. The monoisotopic (exact) mass is 445 g/mol. The van der Waals surface area contributed by atoms with Crippen molar-refractivity contribution < 1.29 is 4.74 Å². The molecule has 2 heteroatoms. The van der Waals surface area contributed by atoms with Gasteiger partial charge in [-0.1, -0.05) is 85.6 Å². The summed E-state index contributed by atoms with van der Waals surface area (Å²) in [6.45, 7) is 4.35. The molecule has 0 aliphatic carbocycles. The van der Waals surface area contributed by atoms with Gasteiger partial charge in [-0.2, -0.15) is 0 Å². The van der Waals surface area contributed by atoms with Crippen LogP contribution in [-0.4, -0.2) is 4.98 Å². The number of hydrogen-bond donors (Lipinski definition) is 0. The predicted molar refractivity (Wildman–Crippen MR) is 141 cm³/mol. The van der Waals surface area contributed by atoms with Crippen LogP contribution in [0.15, 0.2) is 97.1 Å². The van der Waals surface area contributed by atoms with E-state index in [4.69, 9.17) is 16.1 Å². The number of aryl methyl sites for hydroxylation is 2. The standard InChI is InChI=1S/C32H31NO/c1-4-25-20-22-26(23-21-25)29-17-9-10-18-30(29)32(3,5-2)24-12-14-27-13-11-19-31(33-27)34-28-15-7-6-8-16-28/h2,6-11,13,15-23H,4,12,14,24H2,1,3H3. The SMILES string of the molecule is C#CC(C)(CCCc1cccc(Oc2ccccc2)n1)c1ccccc1-c1ccc(CC)cc1. The number of rotatable bonds is 9. The topological polar surface area (TPSA) is 22.1 Å². The van der Waals surface area contributed by atoms with E-state index in [-0.39, 0.29) is 5.41 Å². The van der Waals surface area contributed by atoms with E-state index in [1.165, 1.54) is 22.3 Å². The van der Waals surface area contributed by atoms with E-state index >= 15 is 0 Å². The second-order valence-electron chi connectivity index (χ2n) is 8.81. The third kappa shape index (κ3) is 5.56. The fourth-order valence-corrected chi connectivity index (χ4v) is 4.31. The molecular weight excluding hydrogens is 414 g/mol. The summed E-state index contributed by atoms with van der Waals surface area (Å²) >= 11 is 0. The maximum atomic E-state index is 6.14. The fourth-order valence-electron chi connectivity index (χ4n) is 4.31. The maximum absolute atomic E-state index is 6.14. The third-order valence-electron chi connectivity index (χ3n) is 6.37. The Hall–Kier alpha value is -3.83. The molecule has 1 aromatic heterocycles. The van der Waals surface area contributed by atoms with Crippen molar-refractivity contribution in [2.45, 2.75) is 44.9 Å². The zero-order chi connectivity index (χ0) is 23.8. The fraction of sp³-hybridized carbons (Fsp3) is 0.219. The zero-order valence-electron chi connectivity index (χ0n) is 20.0. The Morgan fingerprint density at radius 3 is 2.32 bits per heavy atom. The van der Waals surface area contributed by atoms with Crippen LogP contribution in [0.3, 0.4) is 0 Å². The molecule has 0 saturated heterocycles. The summed E-state index contributed by atoms with van der Waals surface area (Å²) in [6.07, 6.45) is 9.83. The van der Waals surface area contributed by atoms with Crippen LogP contribution in [0.2, 0.25) is 0 Å². The van der Waals surface area contributed by atoms with Crippen molar-refractivity contribution in [2.75, 3.05) is 0 Å². The van der Waals surface area contributed by atoms with Gasteiger partial charge in [0.2, 0.25) is 5.88 Å². The van der Waals surface area contributed by atoms with E-state index in [0.717, 1.165) is 37.1 Å². The molecule has 0 N–H and O–H groups in total. The Labute approximate surface area is 203 Å². The summed E-state index contributed by atoms with van der Waals surface area (Å²) in [5, 5.41) is 0. The molecule has 0 radical (unpaired) electrons. The third-order valence-corrected chi connectivity index (χ3v) is 6.37. The molecule has 0 aliphatic heterocycles. The van der Waals surface area contributed by atoms with E-state index in [1.54, 1.807) is 0 Å². The molecule has 0 bridgehead atoms. The highest BCUT2D eigenvalue weighted by molar-refractivity contribution is 5.70. The lowest BCUT2D eigenvalue weighted by Crippen LogP contribution is -2.21. The first kappa shape index (κ1) is 23.3. The van der Waals surface area contributed by atoms with Crippen molar-refractivity contribution in [1.82, 2.24) is 4.98 Å². The molecule has 0 aliphatic rings. The summed E-state index contributed by atoms with van der Waals surface area (Å²) < 4.78 is 5.89. The van der Waals surface area contributed by atoms with Gasteiger partial charge in [-0.3, -0.25) is 0 Å². The van der Waals surface area contributed by atoms with Crippen LogP contribution in [0.4, 0.5) is 0 Å². The number of nitrogens with zero attached hydrogens (tertiary/aromatic N) is 1. The molecule has 3 aromatic carbocycles. The molecule has 1 heterocycles. The van der Waals surface area contributed by atoms with Crippen molar-refractivity contribution >= 4 is 0 Å². The molecule has 0 saturated carbocycles. The first-order chi connectivity index (χ1) is 16.6. The summed E-state index contributed by atoms with van der Waals surface area (Å²) in [6, 6.07) is 33.0. The highest BCUT2D eigenvalue weighted by Gasteiger charge is 2.26. The number of para-hydroxylation sites is 1. The quantitative estimate of drug-likeness (QED) is 0.243. The molecular formula is C32H31NO. The van der Waals surface area contributed by atoms with Gasteiger partial charge < -0.3 is 4.74 Å². The molecule has 4 rings (SSSR count). The van der Waals surface area contributed by atoms with Crippen LogP contribution in [0.5, 0.6) is 11.6 Å². The average Bonchev–Trinajstić information content (AvgIpc) is 2.89. The zero-order valence-corrected chi connectivity index (χ0v) is 20.0. The van der Waals surface area contributed by atoms with Gasteiger partial charge in [0, 0.05) is 11.8 Å². The molecule has 170 valence electrons. The predicted octanol–water partition coefficient (Wildman–Crippen LogP) is 8.02. The van der Waals surface area contributed by atoms with Gasteiger partial charge in [0.15, 0.2) is 0 Å². The molecule has 0 spiro atoms. The van der Waals surface area contributed by atoms with E-state index in [2.05, 4.69) is 68.3 Å². The van der Waals surface area contributed by atoms with Crippen LogP contribution in [0.25, 0.3) is 11.1 Å². The maximum Gasteiger partial charge on any atom is 0.219 e. The summed E-state index contributed by atoms with van der Waals surface area (Å²) in [5.74, 6) is 4.52. The number of hydrogen-bond acceptors (Lipinski definition) is 2. The summed E-state index contributed by atoms with van der Waals surface area (Å²) in [7, 11) is 0. The van der Waals surface area contributed by atoms with Crippen LogP contribution in [0, 0.1) is 12.3 Å². The lowest BCUT2D eigenvalue weighted by molar-refractivity contribution is 0.459. The summed E-state index contributed by atoms with van der Waals surface area (Å²) in [5.41, 5.74) is 5.61. The van der Waals surface area contributed by atoms with Gasteiger partial charge in [0.1, 0.15) is 5.75 Å². The lowest BCUT2D eigenvalue weighted by atomic mass is 9.75. The minimum atomic E-state index is -0.363. The minimum Gasteiger partial charge on any atom is -0.439 e. The second kappa shape index (κ2) is 10.9. The number of pyridine rings is 1. The van der Waals surface area contributed by atoms with E-state index in [0.29, 0.717) is 5.88 Å². The second-order valence-corrected chi connectivity index (χ2v) is 8.81. The van der Waals surface area contributed by atoms with Gasteiger partial charge in [0.25, 0.3) is 0 Å². The molecule has 34 heavy (non-hydrogen) atoms. The minimum absolute atomic E-state index is 0.363. The van der Waals surface area contributed by atoms with Gasteiger partial charge in [-0.05, 0) is 73.1 Å². The summed E-state index contributed by atoms with van der Waals surface area (Å²) in [4.78, 5) is 4.69. The largest absolute Gasteiger partial charge is 0.439 e. The first-order valence-corrected chi connectivity index (χ1v) is 12.0.